The summed E-state index contributed by atoms with van der Waals surface area (Å²) in [6.07, 6.45) is 1.69. The first-order valence-corrected chi connectivity index (χ1v) is 13.3. The summed E-state index contributed by atoms with van der Waals surface area (Å²) in [5.41, 5.74) is 0.849. The molecule has 1 amide bonds. The van der Waals surface area contributed by atoms with E-state index in [9.17, 15) is 4.79 Å². The molecule has 0 radical (unpaired) electrons. The number of nitrogens with one attached hydrogen (secondary N) is 1. The van der Waals surface area contributed by atoms with Gasteiger partial charge in [-0.05, 0) is 48.0 Å². The zero-order chi connectivity index (χ0) is 29.2. The van der Waals surface area contributed by atoms with Crippen molar-refractivity contribution in [2.75, 3.05) is 34.5 Å². The molecule has 2 N–H and O–H groups in total. The highest BCUT2D eigenvalue weighted by molar-refractivity contribution is 6.01. The Morgan fingerprint density at radius 3 is 2.51 bits per heavy atom. The van der Waals surface area contributed by atoms with Crippen LogP contribution in [0.2, 0.25) is 0 Å². The van der Waals surface area contributed by atoms with Gasteiger partial charge in [-0.2, -0.15) is 0 Å². The van der Waals surface area contributed by atoms with Crippen LogP contribution < -0.4 is 24.3 Å². The molecule has 0 saturated carbocycles. The number of hydrogen-bond acceptors (Lipinski definition) is 8. The van der Waals surface area contributed by atoms with E-state index in [0.717, 1.165) is 11.1 Å². The van der Waals surface area contributed by atoms with Gasteiger partial charge in [0.2, 0.25) is 5.90 Å². The second kappa shape index (κ2) is 13.7. The lowest BCUT2D eigenvalue weighted by atomic mass is 9.84. The minimum Gasteiger partial charge on any atom is -0.497 e. The Labute approximate surface area is 240 Å². The van der Waals surface area contributed by atoms with Crippen LogP contribution in [0.3, 0.4) is 0 Å². The van der Waals surface area contributed by atoms with Crippen LogP contribution in [0.25, 0.3) is 0 Å². The van der Waals surface area contributed by atoms with Crippen molar-refractivity contribution in [1.29, 1.82) is 0 Å². The number of benzene rings is 3. The van der Waals surface area contributed by atoms with E-state index in [1.165, 1.54) is 0 Å². The van der Waals surface area contributed by atoms with Crippen molar-refractivity contribution in [3.63, 3.8) is 0 Å². The van der Waals surface area contributed by atoms with Gasteiger partial charge in [-0.1, -0.05) is 30.3 Å². The summed E-state index contributed by atoms with van der Waals surface area (Å²) in [6, 6.07) is 20.2. The van der Waals surface area contributed by atoms with E-state index in [1.807, 2.05) is 60.7 Å². The van der Waals surface area contributed by atoms with E-state index in [0.29, 0.717) is 47.5 Å². The summed E-state index contributed by atoms with van der Waals surface area (Å²) < 4.78 is 28.5. The van der Waals surface area contributed by atoms with E-state index in [1.54, 1.807) is 33.5 Å². The molecule has 0 aliphatic carbocycles. The van der Waals surface area contributed by atoms with Crippen LogP contribution >= 0.6 is 0 Å². The van der Waals surface area contributed by atoms with Gasteiger partial charge in [0.05, 0.1) is 27.9 Å². The van der Waals surface area contributed by atoms with Crippen molar-refractivity contribution in [2.45, 2.75) is 31.0 Å². The average Bonchev–Trinajstić information content (AvgIpc) is 3.40. The maximum absolute atomic E-state index is 14.1. The number of methoxy groups -OCH3 is 3. The van der Waals surface area contributed by atoms with Crippen molar-refractivity contribution >= 4 is 11.8 Å². The zero-order valence-corrected chi connectivity index (χ0v) is 23.6. The Bertz CT molecular complexity index is 1370. The Balaban J connectivity index is 1.70. The average molecular weight is 561 g/mol. The van der Waals surface area contributed by atoms with Crippen LogP contribution in [-0.4, -0.2) is 57.0 Å². The van der Waals surface area contributed by atoms with Crippen molar-refractivity contribution in [3.05, 3.63) is 96.1 Å². The van der Waals surface area contributed by atoms with Crippen LogP contribution in [-0.2, 0) is 16.1 Å². The molecule has 0 unspecified atom stereocenters. The number of aliphatic hydroxyl groups excluding tert-OH is 1. The lowest BCUT2D eigenvalue weighted by Gasteiger charge is -2.30. The van der Waals surface area contributed by atoms with Crippen molar-refractivity contribution < 1.29 is 33.6 Å². The van der Waals surface area contributed by atoms with E-state index in [4.69, 9.17) is 33.8 Å². The molecule has 9 nitrogen and oxygen atoms in total. The van der Waals surface area contributed by atoms with E-state index >= 15 is 0 Å². The van der Waals surface area contributed by atoms with Gasteiger partial charge in [0.1, 0.15) is 11.5 Å². The summed E-state index contributed by atoms with van der Waals surface area (Å²) in [6.45, 7) is 4.59. The molecular weight excluding hydrogens is 524 g/mol. The number of rotatable bonds is 14. The van der Waals surface area contributed by atoms with Crippen LogP contribution in [0.1, 0.15) is 35.6 Å². The molecule has 1 aliphatic heterocycles. The number of aliphatic imine (C=N–C) groups is 1. The van der Waals surface area contributed by atoms with Gasteiger partial charge >= 0.3 is 0 Å². The largest absolute Gasteiger partial charge is 0.497 e. The Hall–Kier alpha value is -4.50. The molecule has 0 spiro atoms. The monoisotopic (exact) mass is 560 g/mol. The summed E-state index contributed by atoms with van der Waals surface area (Å²) in [5.74, 6) is 2.42. The summed E-state index contributed by atoms with van der Waals surface area (Å²) in [4.78, 5) is 19.0. The highest BCUT2D eigenvalue weighted by Gasteiger charge is 2.52. The number of para-hydroxylation sites is 1. The topological polar surface area (TPSA) is 108 Å². The Kier molecular flexibility index (Phi) is 9.86. The number of carbonyl (C=O) groups is 1. The molecule has 0 bridgehead atoms. The summed E-state index contributed by atoms with van der Waals surface area (Å²) in [5, 5.41) is 12.1. The second-order valence-corrected chi connectivity index (χ2v) is 9.39. The highest BCUT2D eigenvalue weighted by atomic mass is 16.5. The number of carbonyl (C=O) groups excluding carboxylic acids is 1. The molecule has 0 fully saturated rings. The molecule has 1 aliphatic rings. The quantitative estimate of drug-likeness (QED) is 0.219. The number of amides is 1. The maximum Gasteiger partial charge on any atom is 0.252 e. The number of hydrogen-bond donors (Lipinski definition) is 2. The van der Waals surface area contributed by atoms with E-state index in [-0.39, 0.29) is 25.5 Å². The SMILES string of the molecule is C=CC[C@@]1(C(=O)NCc2cccc(OC)c2OC)N=C(c2ccc(OCCCO)cc2)O[C@@H]1c1cccc(OC)c1. The van der Waals surface area contributed by atoms with Gasteiger partial charge in [0.15, 0.2) is 23.1 Å². The molecule has 3 aromatic carbocycles. The number of nitrogens with zero attached hydrogens (tertiary/aromatic N) is 1. The van der Waals surface area contributed by atoms with Crippen molar-refractivity contribution in [1.82, 2.24) is 5.32 Å². The molecule has 4 rings (SSSR count). The van der Waals surface area contributed by atoms with E-state index in [2.05, 4.69) is 11.9 Å². The smallest absolute Gasteiger partial charge is 0.252 e. The summed E-state index contributed by atoms with van der Waals surface area (Å²) in [7, 11) is 4.72. The molecule has 1 heterocycles. The fourth-order valence-corrected chi connectivity index (χ4v) is 4.76. The van der Waals surface area contributed by atoms with Crippen LogP contribution in [0, 0.1) is 0 Å². The molecule has 2 atom stereocenters. The molecule has 0 saturated heterocycles. The maximum atomic E-state index is 14.1. The molecule has 216 valence electrons. The lowest BCUT2D eigenvalue weighted by Crippen LogP contribution is -2.47. The number of ether oxygens (including phenoxy) is 5. The van der Waals surface area contributed by atoms with Gasteiger partial charge in [0.25, 0.3) is 5.91 Å². The minimum absolute atomic E-state index is 0.0619. The lowest BCUT2D eigenvalue weighted by molar-refractivity contribution is -0.129. The first-order chi connectivity index (χ1) is 20.0. The van der Waals surface area contributed by atoms with Crippen LogP contribution in [0.5, 0.6) is 23.0 Å². The van der Waals surface area contributed by atoms with Crippen molar-refractivity contribution in [2.24, 2.45) is 4.99 Å². The second-order valence-electron chi connectivity index (χ2n) is 9.39. The molecular formula is C32H36N2O7. The third-order valence-electron chi connectivity index (χ3n) is 6.81. The first kappa shape index (κ1) is 29.5. The van der Waals surface area contributed by atoms with Gasteiger partial charge in [-0.3, -0.25) is 4.79 Å². The van der Waals surface area contributed by atoms with Crippen LogP contribution in [0.4, 0.5) is 0 Å². The molecule has 3 aromatic rings. The fourth-order valence-electron chi connectivity index (χ4n) is 4.76. The predicted molar refractivity (Wildman–Crippen MR) is 156 cm³/mol. The van der Waals surface area contributed by atoms with Crippen molar-refractivity contribution in [3.8, 4) is 23.0 Å². The van der Waals surface area contributed by atoms with Crippen LogP contribution in [0.15, 0.2) is 84.4 Å². The Morgan fingerprint density at radius 1 is 1.05 bits per heavy atom. The third kappa shape index (κ3) is 6.47. The first-order valence-electron chi connectivity index (χ1n) is 13.3. The van der Waals surface area contributed by atoms with Gasteiger partial charge in [-0.15, -0.1) is 6.58 Å². The summed E-state index contributed by atoms with van der Waals surface area (Å²) >= 11 is 0. The molecule has 9 heteroatoms. The third-order valence-corrected chi connectivity index (χ3v) is 6.81. The molecule has 41 heavy (non-hydrogen) atoms. The molecule has 0 aromatic heterocycles. The fraction of sp³-hybridized carbons (Fsp3) is 0.312. The minimum atomic E-state index is -1.34. The van der Waals surface area contributed by atoms with Gasteiger partial charge in [-0.25, -0.2) is 4.99 Å². The van der Waals surface area contributed by atoms with E-state index < -0.39 is 11.6 Å². The standard InChI is InChI=1S/C32H36N2O7/c1-5-17-32(31(36)33-21-24-10-7-12-27(38-3)28(24)39-4)29(23-9-6-11-26(20-23)37-2)41-30(34-32)22-13-15-25(16-14-22)40-19-8-18-35/h5-7,9-16,20,29,35H,1,8,17-19,21H2,2-4H3,(H,33,36)/t29-,32-/m1/s1. The predicted octanol–water partition coefficient (Wildman–Crippen LogP) is 4.62. The van der Waals surface area contributed by atoms with Gasteiger partial charge in [0, 0.05) is 37.1 Å². The van der Waals surface area contributed by atoms with Gasteiger partial charge < -0.3 is 34.1 Å². The number of aliphatic hydroxyl groups is 1. The normalized spacial score (nSPS) is 17.7. The Morgan fingerprint density at radius 2 is 1.83 bits per heavy atom. The zero-order valence-electron chi connectivity index (χ0n) is 23.6. The highest BCUT2D eigenvalue weighted by Crippen LogP contribution is 2.43.